The normalized spacial score (nSPS) is 28.3. The zero-order chi connectivity index (χ0) is 33.2. The van der Waals surface area contributed by atoms with Crippen LogP contribution in [0.25, 0.3) is 0 Å². The van der Waals surface area contributed by atoms with Crippen molar-refractivity contribution in [3.05, 3.63) is 100 Å². The number of benzene rings is 3. The first kappa shape index (κ1) is 31.3. The number of halogens is 2. The maximum atomic E-state index is 14.5. The fraction of sp³-hybridized carbons (Fsp3) is 0.351. The van der Waals surface area contributed by atoms with Gasteiger partial charge in [-0.25, -0.2) is 9.29 Å². The molecule has 6 atom stereocenters. The number of aliphatic hydroxyl groups excluding tert-OH is 1. The number of carbonyl (C=O) groups excluding carboxylic acids is 4. The van der Waals surface area contributed by atoms with Crippen LogP contribution in [-0.4, -0.2) is 41.9 Å². The van der Waals surface area contributed by atoms with E-state index in [0.29, 0.717) is 17.9 Å². The summed E-state index contributed by atoms with van der Waals surface area (Å²) in [7, 11) is 0. The Balaban J connectivity index is 1.33. The van der Waals surface area contributed by atoms with Gasteiger partial charge in [-0.05, 0) is 85.7 Å². The van der Waals surface area contributed by atoms with Gasteiger partial charge in [0.05, 0.1) is 46.2 Å². The van der Waals surface area contributed by atoms with E-state index < -0.39 is 52.6 Å². The van der Waals surface area contributed by atoms with Crippen LogP contribution in [0.1, 0.15) is 43.7 Å². The third-order valence-corrected chi connectivity index (χ3v) is 10.9. The van der Waals surface area contributed by atoms with Gasteiger partial charge < -0.3 is 9.84 Å². The van der Waals surface area contributed by atoms with Gasteiger partial charge in [-0.15, -0.1) is 0 Å². The van der Waals surface area contributed by atoms with E-state index in [0.717, 1.165) is 34.1 Å². The third kappa shape index (κ3) is 4.73. The van der Waals surface area contributed by atoms with E-state index in [9.17, 15) is 28.7 Å². The van der Waals surface area contributed by atoms with Crippen LogP contribution >= 0.6 is 11.6 Å². The molecule has 3 aromatic rings. The highest BCUT2D eigenvalue weighted by Gasteiger charge is 2.67. The van der Waals surface area contributed by atoms with Gasteiger partial charge in [0.2, 0.25) is 23.6 Å². The first-order valence-corrected chi connectivity index (χ1v) is 16.3. The summed E-state index contributed by atoms with van der Waals surface area (Å²) in [6.07, 6.45) is 3.36. The molecule has 4 amide bonds. The summed E-state index contributed by atoms with van der Waals surface area (Å²) in [5.74, 6) is -4.73. The number of allylic oxidation sites excluding steroid dienone is 2. The van der Waals surface area contributed by atoms with Crippen LogP contribution in [0.15, 0.2) is 78.4 Å². The average Bonchev–Trinajstić information content (AvgIpc) is 3.45. The summed E-state index contributed by atoms with van der Waals surface area (Å²) >= 11 is 6.09. The quantitative estimate of drug-likeness (QED) is 0.253. The molecule has 6 unspecified atom stereocenters. The Morgan fingerprint density at radius 3 is 2.28 bits per heavy atom. The lowest BCUT2D eigenvalue weighted by Gasteiger charge is -2.49. The molecule has 7 rings (SSSR count). The van der Waals surface area contributed by atoms with E-state index in [1.807, 2.05) is 37.3 Å². The highest BCUT2D eigenvalue weighted by atomic mass is 35.5. The molecule has 0 radical (unpaired) electrons. The lowest BCUT2D eigenvalue weighted by Crippen LogP contribution is -2.48. The fourth-order valence-corrected chi connectivity index (χ4v) is 8.50. The number of carbonyl (C=O) groups is 4. The molecule has 3 aromatic carbocycles. The maximum Gasteiger partial charge on any atom is 0.241 e. The van der Waals surface area contributed by atoms with E-state index in [4.69, 9.17) is 16.3 Å². The van der Waals surface area contributed by atoms with E-state index >= 15 is 0 Å². The Kier molecular flexibility index (Phi) is 7.80. The maximum absolute atomic E-state index is 14.5. The summed E-state index contributed by atoms with van der Waals surface area (Å²) in [4.78, 5) is 59.3. The molecule has 2 aliphatic heterocycles. The van der Waals surface area contributed by atoms with Crippen molar-refractivity contribution in [2.75, 3.05) is 23.0 Å². The van der Waals surface area contributed by atoms with E-state index in [2.05, 4.69) is 0 Å². The predicted molar refractivity (Wildman–Crippen MR) is 173 cm³/mol. The molecule has 242 valence electrons. The molecule has 0 bridgehead atoms. The minimum absolute atomic E-state index is 0.120. The predicted octanol–water partition coefficient (Wildman–Crippen LogP) is 5.85. The molecular formula is C37H34ClFN2O6. The number of rotatable bonds is 7. The van der Waals surface area contributed by atoms with Crippen LogP contribution in [0.2, 0.25) is 5.02 Å². The van der Waals surface area contributed by atoms with Crippen molar-refractivity contribution in [2.45, 2.75) is 39.0 Å². The first-order chi connectivity index (χ1) is 22.6. The number of fused-ring (bicyclic) bond motifs is 4. The van der Waals surface area contributed by atoms with E-state index in [-0.39, 0.29) is 42.2 Å². The second-order valence-corrected chi connectivity index (χ2v) is 13.3. The Morgan fingerprint density at radius 2 is 1.62 bits per heavy atom. The average molecular weight is 657 g/mol. The summed E-state index contributed by atoms with van der Waals surface area (Å²) in [6, 6.07) is 18.4. The number of hydrogen-bond donors (Lipinski definition) is 1. The van der Waals surface area contributed by atoms with Crippen molar-refractivity contribution in [3.63, 3.8) is 0 Å². The third-order valence-electron chi connectivity index (χ3n) is 10.6. The smallest absolute Gasteiger partial charge is 0.241 e. The largest absolute Gasteiger partial charge is 0.491 e. The van der Waals surface area contributed by atoms with Crippen LogP contribution in [0.4, 0.5) is 15.8 Å². The topological polar surface area (TPSA) is 104 Å². The number of aliphatic hydroxyl groups is 1. The van der Waals surface area contributed by atoms with Gasteiger partial charge in [0.15, 0.2) is 0 Å². The molecule has 0 spiro atoms. The van der Waals surface area contributed by atoms with Crippen molar-refractivity contribution in [2.24, 2.45) is 29.1 Å². The highest BCUT2D eigenvalue weighted by Crippen LogP contribution is 2.63. The minimum Gasteiger partial charge on any atom is -0.491 e. The SMILES string of the molecule is CCc1ccc(N2C(=O)C3CC=C4C(CC5C(=O)N(c6ccc(F)c(Cl)c6)C(=O)C5(C)C4c4ccc(OCCO)cc4)C3C2=O)cc1. The van der Waals surface area contributed by atoms with Gasteiger partial charge in [-0.3, -0.25) is 24.1 Å². The first-order valence-electron chi connectivity index (χ1n) is 15.9. The second-order valence-electron chi connectivity index (χ2n) is 12.9. The second kappa shape index (κ2) is 11.7. The summed E-state index contributed by atoms with van der Waals surface area (Å²) in [5, 5.41) is 8.99. The van der Waals surface area contributed by atoms with Gasteiger partial charge in [-0.1, -0.05) is 54.4 Å². The van der Waals surface area contributed by atoms with Gasteiger partial charge >= 0.3 is 0 Å². The van der Waals surface area contributed by atoms with Crippen LogP contribution < -0.4 is 14.5 Å². The van der Waals surface area contributed by atoms with Crippen molar-refractivity contribution in [1.29, 1.82) is 0 Å². The van der Waals surface area contributed by atoms with Crippen molar-refractivity contribution >= 4 is 46.6 Å². The van der Waals surface area contributed by atoms with Gasteiger partial charge in [0, 0.05) is 5.92 Å². The zero-order valence-corrected chi connectivity index (χ0v) is 26.7. The van der Waals surface area contributed by atoms with Gasteiger partial charge in [0.25, 0.3) is 0 Å². The van der Waals surface area contributed by atoms with E-state index in [1.54, 1.807) is 31.2 Å². The highest BCUT2D eigenvalue weighted by molar-refractivity contribution is 6.32. The van der Waals surface area contributed by atoms with Gasteiger partial charge in [0.1, 0.15) is 18.2 Å². The van der Waals surface area contributed by atoms with Crippen LogP contribution in [-0.2, 0) is 25.6 Å². The molecule has 0 aromatic heterocycles. The number of nitrogens with zero attached hydrogens (tertiary/aromatic N) is 2. The summed E-state index contributed by atoms with van der Waals surface area (Å²) in [6.45, 7) is 3.80. The van der Waals surface area contributed by atoms with Gasteiger partial charge in [-0.2, -0.15) is 0 Å². The standard InChI is InChI=1S/C37H34ClFN2O6/c1-3-20-4-8-22(9-5-20)40-33(43)26-14-13-25-27(31(26)35(40)45)19-28-34(44)41(23-10-15-30(39)29(38)18-23)36(46)37(28,2)32(25)21-6-11-24(12-7-21)47-17-16-42/h4-13,15,18,26-28,31-32,42H,3,14,16-17,19H2,1-2H3. The Morgan fingerprint density at radius 1 is 0.915 bits per heavy atom. The molecule has 2 saturated heterocycles. The molecule has 2 heterocycles. The van der Waals surface area contributed by atoms with Crippen molar-refractivity contribution in [1.82, 2.24) is 0 Å². The molecule has 3 fully saturated rings. The Bertz CT molecular complexity index is 1830. The molecule has 4 aliphatic rings. The van der Waals surface area contributed by atoms with Crippen LogP contribution in [0.5, 0.6) is 5.75 Å². The van der Waals surface area contributed by atoms with Crippen molar-refractivity contribution < 1.29 is 33.4 Å². The lowest BCUT2D eigenvalue weighted by atomic mass is 9.51. The van der Waals surface area contributed by atoms with Crippen LogP contribution in [0, 0.1) is 34.9 Å². The monoisotopic (exact) mass is 656 g/mol. The summed E-state index contributed by atoms with van der Waals surface area (Å²) < 4.78 is 19.7. The fourth-order valence-electron chi connectivity index (χ4n) is 8.32. The summed E-state index contributed by atoms with van der Waals surface area (Å²) in [5.41, 5.74) is 2.16. The molecule has 1 N–H and O–H groups in total. The zero-order valence-electron chi connectivity index (χ0n) is 26.0. The Hall–Kier alpha value is -4.34. The minimum atomic E-state index is -1.25. The number of amides is 4. The molecule has 47 heavy (non-hydrogen) atoms. The molecular weight excluding hydrogens is 623 g/mol. The number of aryl methyl sites for hydroxylation is 1. The van der Waals surface area contributed by atoms with E-state index in [1.165, 1.54) is 17.0 Å². The number of imide groups is 2. The number of hydrogen-bond acceptors (Lipinski definition) is 6. The molecule has 10 heteroatoms. The molecule has 2 aliphatic carbocycles. The number of anilines is 2. The molecule has 8 nitrogen and oxygen atoms in total. The lowest BCUT2D eigenvalue weighted by molar-refractivity contribution is -0.131. The Labute approximate surface area is 276 Å². The molecule has 1 saturated carbocycles. The number of ether oxygens (including phenoxy) is 1. The van der Waals surface area contributed by atoms with Crippen LogP contribution in [0.3, 0.4) is 0 Å². The van der Waals surface area contributed by atoms with Crippen molar-refractivity contribution in [3.8, 4) is 5.75 Å².